The zero-order valence-electron chi connectivity index (χ0n) is 11.7. The second-order valence-corrected chi connectivity index (χ2v) is 5.70. The summed E-state index contributed by atoms with van der Waals surface area (Å²) in [6.45, 7) is 6.70. The zero-order chi connectivity index (χ0) is 12.8. The van der Waals surface area contributed by atoms with Gasteiger partial charge in [0.1, 0.15) is 0 Å². The SMILES string of the molecule is COC(=O)CC(C)NC1CCC(C(C)C)CC1. The van der Waals surface area contributed by atoms with Gasteiger partial charge in [-0.05, 0) is 44.4 Å². The second kappa shape index (κ2) is 7.00. The fraction of sp³-hybridized carbons (Fsp3) is 0.929. The Hall–Kier alpha value is -0.570. The Bertz CT molecular complexity index is 232. The molecule has 1 fully saturated rings. The number of rotatable bonds is 5. The first kappa shape index (κ1) is 14.5. The molecule has 0 aromatic heterocycles. The van der Waals surface area contributed by atoms with Crippen LogP contribution in [0.2, 0.25) is 0 Å². The first-order valence-electron chi connectivity index (χ1n) is 6.85. The lowest BCUT2D eigenvalue weighted by Gasteiger charge is -2.32. The summed E-state index contributed by atoms with van der Waals surface area (Å²) in [7, 11) is 1.45. The summed E-state index contributed by atoms with van der Waals surface area (Å²) in [5.41, 5.74) is 0. The molecule has 0 aromatic rings. The minimum Gasteiger partial charge on any atom is -0.469 e. The zero-order valence-corrected chi connectivity index (χ0v) is 11.7. The molecule has 3 heteroatoms. The molecule has 1 N–H and O–H groups in total. The van der Waals surface area contributed by atoms with Crippen molar-refractivity contribution in [3.8, 4) is 0 Å². The molecule has 17 heavy (non-hydrogen) atoms. The van der Waals surface area contributed by atoms with Gasteiger partial charge in [0.15, 0.2) is 0 Å². The largest absolute Gasteiger partial charge is 0.469 e. The van der Waals surface area contributed by atoms with E-state index >= 15 is 0 Å². The van der Waals surface area contributed by atoms with E-state index in [2.05, 4.69) is 30.8 Å². The number of hydrogen-bond donors (Lipinski definition) is 1. The molecule has 1 aliphatic rings. The predicted octanol–water partition coefficient (Wildman–Crippen LogP) is 2.74. The summed E-state index contributed by atoms with van der Waals surface area (Å²) >= 11 is 0. The van der Waals surface area contributed by atoms with Crippen LogP contribution in [0.1, 0.15) is 52.9 Å². The van der Waals surface area contributed by atoms with Crippen LogP contribution in [0, 0.1) is 11.8 Å². The molecule has 1 saturated carbocycles. The number of hydrogen-bond acceptors (Lipinski definition) is 3. The van der Waals surface area contributed by atoms with Crippen LogP contribution in [0.4, 0.5) is 0 Å². The van der Waals surface area contributed by atoms with Gasteiger partial charge < -0.3 is 10.1 Å². The van der Waals surface area contributed by atoms with E-state index in [9.17, 15) is 4.79 Å². The molecule has 0 radical (unpaired) electrons. The van der Waals surface area contributed by atoms with E-state index in [1.54, 1.807) is 0 Å². The Kier molecular flexibility index (Phi) is 5.96. The van der Waals surface area contributed by atoms with Gasteiger partial charge in [0, 0.05) is 12.1 Å². The summed E-state index contributed by atoms with van der Waals surface area (Å²) in [5, 5.41) is 3.54. The summed E-state index contributed by atoms with van der Waals surface area (Å²) in [6.07, 6.45) is 5.60. The highest BCUT2D eigenvalue weighted by atomic mass is 16.5. The fourth-order valence-corrected chi connectivity index (χ4v) is 2.75. The van der Waals surface area contributed by atoms with Gasteiger partial charge in [0.2, 0.25) is 0 Å². The smallest absolute Gasteiger partial charge is 0.307 e. The lowest BCUT2D eigenvalue weighted by Crippen LogP contribution is -2.40. The van der Waals surface area contributed by atoms with Crippen molar-refractivity contribution in [1.29, 1.82) is 0 Å². The molecule has 0 bridgehead atoms. The van der Waals surface area contributed by atoms with Crippen molar-refractivity contribution in [2.24, 2.45) is 11.8 Å². The maximum absolute atomic E-state index is 11.1. The van der Waals surface area contributed by atoms with Crippen molar-refractivity contribution in [2.45, 2.75) is 65.0 Å². The molecular weight excluding hydrogens is 214 g/mol. The number of esters is 1. The van der Waals surface area contributed by atoms with E-state index in [0.29, 0.717) is 12.5 Å². The third kappa shape index (κ3) is 5.07. The Morgan fingerprint density at radius 2 is 1.82 bits per heavy atom. The van der Waals surface area contributed by atoms with Crippen molar-refractivity contribution >= 4 is 5.97 Å². The van der Waals surface area contributed by atoms with Gasteiger partial charge in [-0.2, -0.15) is 0 Å². The summed E-state index contributed by atoms with van der Waals surface area (Å²) < 4.78 is 4.68. The third-order valence-electron chi connectivity index (χ3n) is 3.94. The van der Waals surface area contributed by atoms with Crippen molar-refractivity contribution in [1.82, 2.24) is 5.32 Å². The minimum absolute atomic E-state index is 0.124. The Morgan fingerprint density at radius 1 is 1.24 bits per heavy atom. The number of carbonyl (C=O) groups is 1. The van der Waals surface area contributed by atoms with Gasteiger partial charge in [-0.1, -0.05) is 13.8 Å². The van der Waals surface area contributed by atoms with Gasteiger partial charge in [-0.25, -0.2) is 0 Å². The van der Waals surface area contributed by atoms with Gasteiger partial charge in [-0.3, -0.25) is 4.79 Å². The van der Waals surface area contributed by atoms with Crippen LogP contribution in [-0.4, -0.2) is 25.2 Å². The van der Waals surface area contributed by atoms with E-state index in [0.717, 1.165) is 11.8 Å². The normalized spacial score (nSPS) is 26.9. The molecule has 1 aliphatic carbocycles. The van der Waals surface area contributed by atoms with E-state index < -0.39 is 0 Å². The van der Waals surface area contributed by atoms with E-state index in [1.165, 1.54) is 32.8 Å². The molecular formula is C14H27NO2. The first-order chi connectivity index (χ1) is 8.02. The lowest BCUT2D eigenvalue weighted by molar-refractivity contribution is -0.141. The highest BCUT2D eigenvalue weighted by molar-refractivity contribution is 5.69. The van der Waals surface area contributed by atoms with Crippen LogP contribution < -0.4 is 5.32 Å². The molecule has 1 unspecified atom stereocenters. The van der Waals surface area contributed by atoms with E-state index in [1.807, 2.05) is 0 Å². The standard InChI is InChI=1S/C14H27NO2/c1-10(2)12-5-7-13(8-6-12)15-11(3)9-14(16)17-4/h10-13,15H,5-9H2,1-4H3. The lowest BCUT2D eigenvalue weighted by atomic mass is 9.79. The predicted molar refractivity (Wildman–Crippen MR) is 69.8 cm³/mol. The fourth-order valence-electron chi connectivity index (χ4n) is 2.75. The Morgan fingerprint density at radius 3 is 2.29 bits per heavy atom. The number of methoxy groups -OCH3 is 1. The molecule has 1 rings (SSSR count). The van der Waals surface area contributed by atoms with Gasteiger partial charge in [0.05, 0.1) is 13.5 Å². The number of carbonyl (C=O) groups excluding carboxylic acids is 1. The van der Waals surface area contributed by atoms with Crippen LogP contribution in [0.5, 0.6) is 0 Å². The molecule has 0 aliphatic heterocycles. The molecule has 1 atom stereocenters. The summed E-state index contributed by atoms with van der Waals surface area (Å²) in [4.78, 5) is 11.1. The van der Waals surface area contributed by atoms with Crippen molar-refractivity contribution < 1.29 is 9.53 Å². The molecule has 3 nitrogen and oxygen atoms in total. The maximum Gasteiger partial charge on any atom is 0.307 e. The summed E-state index contributed by atoms with van der Waals surface area (Å²) in [6, 6.07) is 0.813. The van der Waals surface area contributed by atoms with Crippen molar-refractivity contribution in [2.75, 3.05) is 7.11 Å². The molecule has 0 heterocycles. The molecule has 0 saturated heterocycles. The molecule has 100 valence electrons. The highest BCUT2D eigenvalue weighted by Gasteiger charge is 2.24. The summed E-state index contributed by atoms with van der Waals surface area (Å²) in [5.74, 6) is 1.58. The van der Waals surface area contributed by atoms with Crippen LogP contribution in [0.15, 0.2) is 0 Å². The topological polar surface area (TPSA) is 38.3 Å². The average Bonchev–Trinajstić information content (AvgIpc) is 2.29. The van der Waals surface area contributed by atoms with Crippen molar-refractivity contribution in [3.05, 3.63) is 0 Å². The Labute approximate surface area is 105 Å². The monoisotopic (exact) mass is 241 g/mol. The minimum atomic E-state index is -0.124. The molecule has 0 aromatic carbocycles. The number of nitrogens with one attached hydrogen (secondary N) is 1. The maximum atomic E-state index is 11.1. The van der Waals surface area contributed by atoms with E-state index in [4.69, 9.17) is 0 Å². The molecule has 0 spiro atoms. The third-order valence-corrected chi connectivity index (χ3v) is 3.94. The second-order valence-electron chi connectivity index (χ2n) is 5.70. The van der Waals surface area contributed by atoms with Gasteiger partial charge >= 0.3 is 5.97 Å². The average molecular weight is 241 g/mol. The highest BCUT2D eigenvalue weighted by Crippen LogP contribution is 2.30. The number of ether oxygens (including phenoxy) is 1. The van der Waals surface area contributed by atoms with Crippen molar-refractivity contribution in [3.63, 3.8) is 0 Å². The van der Waals surface area contributed by atoms with Crippen LogP contribution in [0.3, 0.4) is 0 Å². The van der Waals surface area contributed by atoms with Gasteiger partial charge in [0.25, 0.3) is 0 Å². The Balaban J connectivity index is 2.23. The first-order valence-corrected chi connectivity index (χ1v) is 6.85. The molecule has 0 amide bonds. The van der Waals surface area contributed by atoms with Crippen LogP contribution in [-0.2, 0) is 9.53 Å². The van der Waals surface area contributed by atoms with Crippen LogP contribution in [0.25, 0.3) is 0 Å². The van der Waals surface area contributed by atoms with E-state index in [-0.39, 0.29) is 12.0 Å². The van der Waals surface area contributed by atoms with Crippen LogP contribution >= 0.6 is 0 Å². The quantitative estimate of drug-likeness (QED) is 0.752. The van der Waals surface area contributed by atoms with Gasteiger partial charge in [-0.15, -0.1) is 0 Å².